The van der Waals surface area contributed by atoms with Crippen molar-refractivity contribution in [3.8, 4) is 0 Å². The molecule has 0 aliphatic carbocycles. The standard InChI is InChI=1S/C13H17N3O2.C2H6/c1-8-6-10-9(2)15-16(11(10)7-14-8)12(17)18-13(3,4)5;1-2/h6-7H,1-5H3;1-2H3. The van der Waals surface area contributed by atoms with Gasteiger partial charge in [0.25, 0.3) is 0 Å². The Bertz CT molecular complexity index is 609. The van der Waals surface area contributed by atoms with Crippen molar-refractivity contribution in [3.05, 3.63) is 23.7 Å². The molecule has 0 saturated heterocycles. The van der Waals surface area contributed by atoms with Crippen LogP contribution in [0.15, 0.2) is 12.3 Å². The van der Waals surface area contributed by atoms with E-state index in [-0.39, 0.29) is 0 Å². The summed E-state index contributed by atoms with van der Waals surface area (Å²) in [4.78, 5) is 16.2. The first-order chi connectivity index (χ1) is 9.28. The van der Waals surface area contributed by atoms with E-state index in [0.717, 1.165) is 16.8 Å². The topological polar surface area (TPSA) is 57.0 Å². The number of aromatic nitrogens is 3. The Morgan fingerprint density at radius 3 is 2.40 bits per heavy atom. The van der Waals surface area contributed by atoms with Crippen molar-refractivity contribution < 1.29 is 9.53 Å². The maximum atomic E-state index is 12.0. The molecule has 0 aliphatic heterocycles. The zero-order valence-electron chi connectivity index (χ0n) is 13.3. The molecule has 2 aromatic rings. The van der Waals surface area contributed by atoms with Gasteiger partial charge in [-0.3, -0.25) is 4.98 Å². The van der Waals surface area contributed by atoms with Gasteiger partial charge >= 0.3 is 6.09 Å². The number of pyridine rings is 1. The van der Waals surface area contributed by atoms with Crippen LogP contribution in [0.25, 0.3) is 10.9 Å². The minimum atomic E-state index is -0.540. The number of nitrogens with zero attached hydrogens (tertiary/aromatic N) is 3. The molecule has 0 unspecified atom stereocenters. The van der Waals surface area contributed by atoms with Gasteiger partial charge in [-0.15, -0.1) is 0 Å². The molecule has 5 nitrogen and oxygen atoms in total. The Labute approximate surface area is 120 Å². The first-order valence-corrected chi connectivity index (χ1v) is 6.83. The molecular formula is C15H23N3O2. The summed E-state index contributed by atoms with van der Waals surface area (Å²) in [6.45, 7) is 13.2. The van der Waals surface area contributed by atoms with Gasteiger partial charge in [-0.05, 0) is 40.7 Å². The van der Waals surface area contributed by atoms with E-state index < -0.39 is 11.7 Å². The SMILES string of the molecule is CC.Cc1cc2c(C)nn(C(=O)OC(C)(C)C)c2cn1. The van der Waals surface area contributed by atoms with Crippen molar-refractivity contribution >= 4 is 17.0 Å². The Morgan fingerprint density at radius 1 is 1.25 bits per heavy atom. The molecule has 2 heterocycles. The number of fused-ring (bicyclic) bond motifs is 1. The van der Waals surface area contributed by atoms with Gasteiger partial charge in [-0.2, -0.15) is 9.78 Å². The molecule has 5 heteroatoms. The second-order valence-corrected chi connectivity index (χ2v) is 5.32. The van der Waals surface area contributed by atoms with Gasteiger partial charge in [-0.25, -0.2) is 4.79 Å². The summed E-state index contributed by atoms with van der Waals surface area (Å²) in [7, 11) is 0. The van der Waals surface area contributed by atoms with Crippen LogP contribution in [0.5, 0.6) is 0 Å². The average Bonchev–Trinajstić information content (AvgIpc) is 2.67. The monoisotopic (exact) mass is 277 g/mol. The van der Waals surface area contributed by atoms with Crippen molar-refractivity contribution in [2.45, 2.75) is 54.1 Å². The lowest BCUT2D eigenvalue weighted by molar-refractivity contribution is 0.0522. The third-order valence-electron chi connectivity index (χ3n) is 2.45. The first-order valence-electron chi connectivity index (χ1n) is 6.83. The Morgan fingerprint density at radius 2 is 1.85 bits per heavy atom. The quantitative estimate of drug-likeness (QED) is 0.733. The van der Waals surface area contributed by atoms with Crippen LogP contribution >= 0.6 is 0 Å². The van der Waals surface area contributed by atoms with Crippen LogP contribution in [0.1, 0.15) is 46.0 Å². The van der Waals surface area contributed by atoms with Crippen molar-refractivity contribution in [2.75, 3.05) is 0 Å². The molecule has 0 bridgehead atoms. The number of carbonyl (C=O) groups is 1. The van der Waals surface area contributed by atoms with Crippen molar-refractivity contribution in [3.63, 3.8) is 0 Å². The van der Waals surface area contributed by atoms with E-state index in [1.54, 1.807) is 6.20 Å². The van der Waals surface area contributed by atoms with Crippen molar-refractivity contribution in [2.24, 2.45) is 0 Å². The fourth-order valence-corrected chi connectivity index (χ4v) is 1.71. The van der Waals surface area contributed by atoms with Gasteiger partial charge in [0.1, 0.15) is 5.60 Å². The third kappa shape index (κ3) is 3.56. The summed E-state index contributed by atoms with van der Waals surface area (Å²) < 4.78 is 6.58. The maximum Gasteiger partial charge on any atom is 0.435 e. The van der Waals surface area contributed by atoms with Crippen LogP contribution in [0.4, 0.5) is 4.79 Å². The molecule has 0 radical (unpaired) electrons. The van der Waals surface area contributed by atoms with Crippen LogP contribution in [-0.4, -0.2) is 26.5 Å². The normalized spacial score (nSPS) is 10.9. The Hall–Kier alpha value is -1.91. The van der Waals surface area contributed by atoms with Gasteiger partial charge < -0.3 is 4.74 Å². The highest BCUT2D eigenvalue weighted by atomic mass is 16.6. The molecular weight excluding hydrogens is 254 g/mol. The molecule has 2 rings (SSSR count). The van der Waals surface area contributed by atoms with E-state index in [1.165, 1.54) is 4.68 Å². The fraction of sp³-hybridized carbons (Fsp3) is 0.533. The van der Waals surface area contributed by atoms with Gasteiger partial charge in [-0.1, -0.05) is 13.8 Å². The molecule has 0 aromatic carbocycles. The van der Waals surface area contributed by atoms with Crippen molar-refractivity contribution in [1.82, 2.24) is 14.8 Å². The van der Waals surface area contributed by atoms with Crippen LogP contribution in [0.3, 0.4) is 0 Å². The fourth-order valence-electron chi connectivity index (χ4n) is 1.71. The number of aryl methyl sites for hydroxylation is 2. The smallest absolute Gasteiger partial charge is 0.435 e. The average molecular weight is 277 g/mol. The van der Waals surface area contributed by atoms with E-state index in [4.69, 9.17) is 4.74 Å². The zero-order valence-corrected chi connectivity index (χ0v) is 13.3. The third-order valence-corrected chi connectivity index (χ3v) is 2.45. The number of hydrogen-bond donors (Lipinski definition) is 0. The number of hydrogen-bond acceptors (Lipinski definition) is 4. The molecule has 0 atom stereocenters. The van der Waals surface area contributed by atoms with Crippen LogP contribution in [0, 0.1) is 13.8 Å². The summed E-state index contributed by atoms with van der Waals surface area (Å²) in [6.07, 6.45) is 1.17. The minimum Gasteiger partial charge on any atom is -0.442 e. The van der Waals surface area contributed by atoms with Gasteiger partial charge in [0, 0.05) is 11.1 Å². The summed E-state index contributed by atoms with van der Waals surface area (Å²) >= 11 is 0. The number of ether oxygens (including phenoxy) is 1. The molecule has 2 aromatic heterocycles. The highest BCUT2D eigenvalue weighted by molar-refractivity contribution is 5.89. The molecule has 0 aliphatic rings. The number of rotatable bonds is 0. The molecule has 0 amide bonds. The van der Waals surface area contributed by atoms with E-state index in [9.17, 15) is 4.79 Å². The second kappa shape index (κ2) is 6.03. The van der Waals surface area contributed by atoms with E-state index >= 15 is 0 Å². The molecule has 0 N–H and O–H groups in total. The van der Waals surface area contributed by atoms with Gasteiger partial charge in [0.05, 0.1) is 17.4 Å². The Balaban J connectivity index is 0.000000956. The number of carbonyl (C=O) groups excluding carboxylic acids is 1. The van der Waals surface area contributed by atoms with Crippen LogP contribution < -0.4 is 0 Å². The molecule has 0 saturated carbocycles. The first kappa shape index (κ1) is 16.1. The Kier molecular flexibility index (Phi) is 4.87. The van der Waals surface area contributed by atoms with Crippen LogP contribution in [0.2, 0.25) is 0 Å². The molecule has 20 heavy (non-hydrogen) atoms. The maximum absolute atomic E-state index is 12.0. The van der Waals surface area contributed by atoms with E-state index in [2.05, 4.69) is 10.1 Å². The lowest BCUT2D eigenvalue weighted by Crippen LogP contribution is -2.27. The predicted octanol–water partition coefficient (Wildman–Crippen LogP) is 3.86. The summed E-state index contributed by atoms with van der Waals surface area (Å²) in [5, 5.41) is 5.14. The molecule has 110 valence electrons. The largest absolute Gasteiger partial charge is 0.442 e. The van der Waals surface area contributed by atoms with E-state index in [0.29, 0.717) is 5.52 Å². The molecule has 0 fully saturated rings. The van der Waals surface area contributed by atoms with Gasteiger partial charge in [0.15, 0.2) is 0 Å². The summed E-state index contributed by atoms with van der Waals surface area (Å²) in [5.41, 5.74) is 1.82. The highest BCUT2D eigenvalue weighted by Crippen LogP contribution is 2.19. The minimum absolute atomic E-state index is 0.480. The lowest BCUT2D eigenvalue weighted by atomic mass is 10.2. The second-order valence-electron chi connectivity index (χ2n) is 5.32. The highest BCUT2D eigenvalue weighted by Gasteiger charge is 2.21. The predicted molar refractivity (Wildman–Crippen MR) is 80.0 cm³/mol. The summed E-state index contributed by atoms with van der Waals surface area (Å²) in [6, 6.07) is 1.92. The van der Waals surface area contributed by atoms with Crippen LogP contribution in [-0.2, 0) is 4.74 Å². The van der Waals surface area contributed by atoms with Crippen molar-refractivity contribution in [1.29, 1.82) is 0 Å². The molecule has 0 spiro atoms. The van der Waals surface area contributed by atoms with Gasteiger partial charge in [0.2, 0.25) is 0 Å². The lowest BCUT2D eigenvalue weighted by Gasteiger charge is -2.19. The van der Waals surface area contributed by atoms with E-state index in [1.807, 2.05) is 54.5 Å². The zero-order chi connectivity index (χ0) is 15.5. The summed E-state index contributed by atoms with van der Waals surface area (Å²) in [5.74, 6) is 0.